The first-order valence-corrected chi connectivity index (χ1v) is 8.56. The Bertz CT molecular complexity index is 985. The van der Waals surface area contributed by atoms with Crippen LogP contribution in [0.15, 0.2) is 83.3 Å². The van der Waals surface area contributed by atoms with Crippen molar-refractivity contribution in [1.29, 1.82) is 0 Å². The Morgan fingerprint density at radius 3 is 2.58 bits per heavy atom. The Balaban J connectivity index is 1.57. The maximum Gasteiger partial charge on any atom is 0.203 e. The van der Waals surface area contributed by atoms with Crippen LogP contribution in [0.4, 0.5) is 5.13 Å². The molecule has 1 heterocycles. The van der Waals surface area contributed by atoms with Crippen molar-refractivity contribution in [3.05, 3.63) is 83.7 Å². The van der Waals surface area contributed by atoms with Crippen LogP contribution < -0.4 is 5.43 Å². The molecule has 0 unspecified atom stereocenters. The van der Waals surface area contributed by atoms with E-state index >= 15 is 0 Å². The minimum Gasteiger partial charge on any atom is -0.253 e. The highest BCUT2D eigenvalue weighted by molar-refractivity contribution is 7.14. The van der Waals surface area contributed by atoms with Crippen LogP contribution in [-0.4, -0.2) is 11.2 Å². The zero-order valence-corrected chi connectivity index (χ0v) is 13.7. The summed E-state index contributed by atoms with van der Waals surface area (Å²) in [6, 6.07) is 24.6. The number of anilines is 1. The topological polar surface area (TPSA) is 37.3 Å². The third-order valence-corrected chi connectivity index (χ3v) is 4.49. The van der Waals surface area contributed by atoms with Gasteiger partial charge in [-0.3, -0.25) is 5.43 Å². The summed E-state index contributed by atoms with van der Waals surface area (Å²) in [7, 11) is 0. The van der Waals surface area contributed by atoms with Crippen molar-refractivity contribution in [2.45, 2.75) is 0 Å². The highest BCUT2D eigenvalue weighted by Crippen LogP contribution is 2.30. The van der Waals surface area contributed by atoms with Gasteiger partial charge >= 0.3 is 0 Å². The lowest BCUT2D eigenvalue weighted by molar-refractivity contribution is 1.29. The largest absolute Gasteiger partial charge is 0.253 e. The third-order valence-electron chi connectivity index (χ3n) is 3.74. The molecule has 0 aliphatic carbocycles. The van der Waals surface area contributed by atoms with Gasteiger partial charge < -0.3 is 0 Å². The van der Waals surface area contributed by atoms with Gasteiger partial charge in [0.25, 0.3) is 0 Å². The van der Waals surface area contributed by atoms with Crippen LogP contribution in [0.2, 0.25) is 0 Å². The molecule has 0 saturated carbocycles. The van der Waals surface area contributed by atoms with Gasteiger partial charge in [-0.1, -0.05) is 72.8 Å². The molecule has 0 radical (unpaired) electrons. The van der Waals surface area contributed by atoms with E-state index in [1.54, 1.807) is 17.6 Å². The Labute approximate surface area is 144 Å². The summed E-state index contributed by atoms with van der Waals surface area (Å²) in [4.78, 5) is 4.66. The third kappa shape index (κ3) is 3.05. The molecule has 4 rings (SSSR count). The molecule has 0 amide bonds. The van der Waals surface area contributed by atoms with E-state index in [9.17, 15) is 0 Å². The summed E-state index contributed by atoms with van der Waals surface area (Å²) in [6.07, 6.45) is 1.79. The van der Waals surface area contributed by atoms with Gasteiger partial charge in [-0.2, -0.15) is 5.10 Å². The van der Waals surface area contributed by atoms with E-state index in [1.165, 1.54) is 10.8 Å². The van der Waals surface area contributed by atoms with Crippen molar-refractivity contribution in [3.8, 4) is 11.3 Å². The van der Waals surface area contributed by atoms with Crippen molar-refractivity contribution in [1.82, 2.24) is 4.98 Å². The molecule has 0 fully saturated rings. The van der Waals surface area contributed by atoms with Crippen LogP contribution >= 0.6 is 11.3 Å². The number of nitrogens with one attached hydrogen (secondary N) is 1. The van der Waals surface area contributed by atoms with Gasteiger partial charge in [-0.15, -0.1) is 11.3 Å². The standard InChI is InChI=1S/C20H15N3S/c1-2-7-15(8-3-1)13-21-23-20-22-19(14-24-20)18-12-6-10-16-9-4-5-11-17(16)18/h1-14H,(H,22,23)/b21-13+. The predicted molar refractivity (Wildman–Crippen MR) is 103 cm³/mol. The molecule has 0 spiro atoms. The molecular weight excluding hydrogens is 314 g/mol. The van der Waals surface area contributed by atoms with E-state index in [1.807, 2.05) is 30.3 Å². The summed E-state index contributed by atoms with van der Waals surface area (Å²) in [5, 5.41) is 9.53. The van der Waals surface area contributed by atoms with Gasteiger partial charge in [-0.25, -0.2) is 4.98 Å². The lowest BCUT2D eigenvalue weighted by Gasteiger charge is -2.03. The molecule has 24 heavy (non-hydrogen) atoms. The molecule has 0 atom stereocenters. The summed E-state index contributed by atoms with van der Waals surface area (Å²) in [6.45, 7) is 0. The van der Waals surface area contributed by atoms with Crippen LogP contribution in [-0.2, 0) is 0 Å². The van der Waals surface area contributed by atoms with Gasteiger partial charge in [0.15, 0.2) is 0 Å². The molecule has 3 aromatic carbocycles. The number of hydrazone groups is 1. The fourth-order valence-electron chi connectivity index (χ4n) is 2.60. The smallest absolute Gasteiger partial charge is 0.203 e. The number of rotatable bonds is 4. The fraction of sp³-hybridized carbons (Fsp3) is 0. The molecule has 4 heteroatoms. The quantitative estimate of drug-likeness (QED) is 0.401. The minimum atomic E-state index is 0.783. The monoisotopic (exact) mass is 329 g/mol. The molecule has 4 aromatic rings. The van der Waals surface area contributed by atoms with Crippen LogP contribution in [0.1, 0.15) is 5.56 Å². The van der Waals surface area contributed by atoms with Gasteiger partial charge in [-0.05, 0) is 16.3 Å². The van der Waals surface area contributed by atoms with E-state index in [2.05, 4.69) is 63.4 Å². The molecule has 3 nitrogen and oxygen atoms in total. The van der Waals surface area contributed by atoms with E-state index < -0.39 is 0 Å². The number of benzene rings is 3. The van der Waals surface area contributed by atoms with Crippen molar-refractivity contribution in [2.75, 3.05) is 5.43 Å². The number of thiazole rings is 1. The van der Waals surface area contributed by atoms with Gasteiger partial charge in [0, 0.05) is 10.9 Å². The molecule has 1 N–H and O–H groups in total. The maximum absolute atomic E-state index is 4.66. The van der Waals surface area contributed by atoms with Crippen molar-refractivity contribution in [3.63, 3.8) is 0 Å². The van der Waals surface area contributed by atoms with Gasteiger partial charge in [0.05, 0.1) is 11.9 Å². The molecular formula is C20H15N3S. The normalized spacial score (nSPS) is 11.2. The van der Waals surface area contributed by atoms with Crippen molar-refractivity contribution < 1.29 is 0 Å². The fourth-order valence-corrected chi connectivity index (χ4v) is 3.26. The highest BCUT2D eigenvalue weighted by atomic mass is 32.1. The van der Waals surface area contributed by atoms with Crippen LogP contribution in [0.3, 0.4) is 0 Å². The average molecular weight is 329 g/mol. The summed E-state index contributed by atoms with van der Waals surface area (Å²) < 4.78 is 0. The van der Waals surface area contributed by atoms with E-state index in [-0.39, 0.29) is 0 Å². The zero-order chi connectivity index (χ0) is 16.2. The molecule has 0 bridgehead atoms. The molecule has 0 aliphatic rings. The molecule has 0 aliphatic heterocycles. The van der Waals surface area contributed by atoms with Crippen LogP contribution in [0, 0.1) is 0 Å². The lowest BCUT2D eigenvalue weighted by Crippen LogP contribution is -1.90. The summed E-state index contributed by atoms with van der Waals surface area (Å²) in [5.74, 6) is 0. The molecule has 1 aromatic heterocycles. The van der Waals surface area contributed by atoms with Crippen molar-refractivity contribution in [2.24, 2.45) is 5.10 Å². The zero-order valence-electron chi connectivity index (χ0n) is 12.9. The SMILES string of the molecule is C(=N\Nc1nc(-c2cccc3ccccc23)cs1)/c1ccccc1. The van der Waals surface area contributed by atoms with E-state index in [0.29, 0.717) is 0 Å². The van der Waals surface area contributed by atoms with E-state index in [4.69, 9.17) is 0 Å². The summed E-state index contributed by atoms with van der Waals surface area (Å²) in [5.41, 5.74) is 6.17. The van der Waals surface area contributed by atoms with Gasteiger partial charge in [0.1, 0.15) is 0 Å². The van der Waals surface area contributed by atoms with Crippen molar-refractivity contribution >= 4 is 33.5 Å². The number of nitrogens with zero attached hydrogens (tertiary/aromatic N) is 2. The number of fused-ring (bicyclic) bond motifs is 1. The van der Waals surface area contributed by atoms with Crippen LogP contribution in [0.25, 0.3) is 22.0 Å². The second-order valence-electron chi connectivity index (χ2n) is 5.35. The number of hydrogen-bond donors (Lipinski definition) is 1. The predicted octanol–water partition coefficient (Wildman–Crippen LogP) is 5.41. The Kier molecular flexibility index (Phi) is 4.04. The second kappa shape index (κ2) is 6.64. The average Bonchev–Trinajstić information content (AvgIpc) is 3.11. The number of hydrogen-bond acceptors (Lipinski definition) is 4. The van der Waals surface area contributed by atoms with E-state index in [0.717, 1.165) is 22.0 Å². The number of aromatic nitrogens is 1. The second-order valence-corrected chi connectivity index (χ2v) is 6.20. The first kappa shape index (κ1) is 14.6. The Hall–Kier alpha value is -2.98. The van der Waals surface area contributed by atoms with Gasteiger partial charge in [0.2, 0.25) is 5.13 Å². The Morgan fingerprint density at radius 2 is 1.67 bits per heavy atom. The maximum atomic E-state index is 4.66. The highest BCUT2D eigenvalue weighted by Gasteiger charge is 2.07. The minimum absolute atomic E-state index is 0.783. The first-order valence-electron chi connectivity index (χ1n) is 7.68. The van der Waals surface area contributed by atoms with Crippen LogP contribution in [0.5, 0.6) is 0 Å². The lowest BCUT2D eigenvalue weighted by atomic mass is 10.0. The molecule has 0 saturated heterocycles. The summed E-state index contributed by atoms with van der Waals surface area (Å²) >= 11 is 1.55. The molecule has 116 valence electrons. The first-order chi connectivity index (χ1) is 11.9. The Morgan fingerprint density at radius 1 is 0.875 bits per heavy atom.